The van der Waals surface area contributed by atoms with Gasteiger partial charge in [0.15, 0.2) is 11.5 Å². The number of nitrogens with one attached hydrogen (secondary N) is 2. The molecule has 17 heavy (non-hydrogen) atoms. The van der Waals surface area contributed by atoms with Crippen LogP contribution in [0.3, 0.4) is 0 Å². The zero-order valence-electron chi connectivity index (χ0n) is 10.8. The molecule has 2 aromatic rings. The molecule has 92 valence electrons. The van der Waals surface area contributed by atoms with Crippen molar-refractivity contribution in [2.75, 3.05) is 18.9 Å². The maximum Gasteiger partial charge on any atom is 0.192 e. The number of rotatable bonds is 4. The van der Waals surface area contributed by atoms with Crippen molar-refractivity contribution >= 4 is 16.8 Å². The maximum absolute atomic E-state index is 5.50. The smallest absolute Gasteiger partial charge is 0.192 e. The third kappa shape index (κ3) is 2.77. The fraction of sp³-hybridized carbons (Fsp3) is 0.462. The van der Waals surface area contributed by atoms with Crippen LogP contribution in [0.2, 0.25) is 0 Å². The highest BCUT2D eigenvalue weighted by Crippen LogP contribution is 2.20. The molecule has 1 aromatic carbocycles. The number of likely N-dealkylation sites (N-methyl/N-ethyl adjacent to an activating group) is 1. The second kappa shape index (κ2) is 4.37. The van der Waals surface area contributed by atoms with Gasteiger partial charge in [0, 0.05) is 30.8 Å². The summed E-state index contributed by atoms with van der Waals surface area (Å²) in [6.45, 7) is 7.01. The van der Waals surface area contributed by atoms with Crippen LogP contribution in [0.1, 0.15) is 19.7 Å². The number of hydrogen-bond acceptors (Lipinski definition) is 4. The third-order valence-electron chi connectivity index (χ3n) is 2.91. The van der Waals surface area contributed by atoms with Gasteiger partial charge in [0.1, 0.15) is 5.52 Å². The van der Waals surface area contributed by atoms with Gasteiger partial charge in [-0.25, -0.2) is 4.98 Å². The summed E-state index contributed by atoms with van der Waals surface area (Å²) in [5.74, 6) is 0.702. The average molecular weight is 233 g/mol. The molecule has 0 aliphatic carbocycles. The van der Waals surface area contributed by atoms with E-state index in [-0.39, 0.29) is 5.54 Å². The van der Waals surface area contributed by atoms with Gasteiger partial charge in [0.25, 0.3) is 0 Å². The molecule has 1 aromatic heterocycles. The summed E-state index contributed by atoms with van der Waals surface area (Å²) in [7, 11) is 1.96. The summed E-state index contributed by atoms with van der Waals surface area (Å²) >= 11 is 0. The first-order chi connectivity index (χ1) is 8.00. The third-order valence-corrected chi connectivity index (χ3v) is 2.91. The molecule has 4 nitrogen and oxygen atoms in total. The van der Waals surface area contributed by atoms with Gasteiger partial charge in [0.2, 0.25) is 0 Å². The van der Waals surface area contributed by atoms with E-state index in [0.29, 0.717) is 5.89 Å². The maximum atomic E-state index is 5.50. The topological polar surface area (TPSA) is 50.1 Å². The Morgan fingerprint density at radius 2 is 2.12 bits per heavy atom. The van der Waals surface area contributed by atoms with Crippen LogP contribution in [-0.4, -0.2) is 24.1 Å². The lowest BCUT2D eigenvalue weighted by molar-refractivity contribution is 0.448. The average Bonchev–Trinajstić information content (AvgIpc) is 2.66. The van der Waals surface area contributed by atoms with Crippen LogP contribution in [-0.2, 0) is 0 Å². The van der Waals surface area contributed by atoms with Crippen LogP contribution in [0.4, 0.5) is 5.69 Å². The number of nitrogens with zero attached hydrogens (tertiary/aromatic N) is 1. The predicted octanol–water partition coefficient (Wildman–Crippen LogP) is 2.55. The minimum atomic E-state index is 0.0618. The Hall–Kier alpha value is -1.55. The van der Waals surface area contributed by atoms with Gasteiger partial charge in [-0.1, -0.05) is 0 Å². The standard InChI is InChI=1S/C13H19N3O/c1-9-16-11-6-5-10(7-12(11)17-9)15-8-13(2,3)14-4/h5-7,14-15H,8H2,1-4H3. The Morgan fingerprint density at radius 3 is 2.82 bits per heavy atom. The molecule has 0 aliphatic heterocycles. The van der Waals surface area contributed by atoms with Crippen LogP contribution >= 0.6 is 0 Å². The SMILES string of the molecule is CNC(C)(C)CNc1ccc2nc(C)oc2c1. The number of aryl methyl sites for hydroxylation is 1. The molecule has 2 N–H and O–H groups in total. The fourth-order valence-electron chi connectivity index (χ4n) is 1.56. The van der Waals surface area contributed by atoms with Crippen molar-refractivity contribution < 1.29 is 4.42 Å². The summed E-state index contributed by atoms with van der Waals surface area (Å²) in [5, 5.41) is 6.64. The van der Waals surface area contributed by atoms with Crippen LogP contribution in [0.25, 0.3) is 11.1 Å². The van der Waals surface area contributed by atoms with Crippen molar-refractivity contribution in [2.24, 2.45) is 0 Å². The summed E-state index contributed by atoms with van der Waals surface area (Å²) in [5.41, 5.74) is 2.85. The number of aromatic nitrogens is 1. The van der Waals surface area contributed by atoms with Crippen LogP contribution in [0.15, 0.2) is 22.6 Å². The van der Waals surface area contributed by atoms with Gasteiger partial charge >= 0.3 is 0 Å². The van der Waals surface area contributed by atoms with Gasteiger partial charge in [0.05, 0.1) is 0 Å². The molecule has 0 spiro atoms. The highest BCUT2D eigenvalue weighted by Gasteiger charge is 2.14. The van der Waals surface area contributed by atoms with E-state index >= 15 is 0 Å². The molecular weight excluding hydrogens is 214 g/mol. The summed E-state index contributed by atoms with van der Waals surface area (Å²) in [4.78, 5) is 4.27. The van der Waals surface area contributed by atoms with Crippen LogP contribution in [0, 0.1) is 6.92 Å². The van der Waals surface area contributed by atoms with Crippen LogP contribution in [0.5, 0.6) is 0 Å². The monoisotopic (exact) mass is 233 g/mol. The Morgan fingerprint density at radius 1 is 1.35 bits per heavy atom. The molecule has 1 heterocycles. The van der Waals surface area contributed by atoms with E-state index in [2.05, 4.69) is 29.5 Å². The van der Waals surface area contributed by atoms with Gasteiger partial charge in [-0.3, -0.25) is 0 Å². The van der Waals surface area contributed by atoms with E-state index in [1.165, 1.54) is 0 Å². The molecule has 0 unspecified atom stereocenters. The molecule has 0 atom stereocenters. The van der Waals surface area contributed by atoms with Gasteiger partial charge in [-0.15, -0.1) is 0 Å². The zero-order valence-corrected chi connectivity index (χ0v) is 10.8. The van der Waals surface area contributed by atoms with Gasteiger partial charge in [-0.05, 0) is 33.0 Å². The fourth-order valence-corrected chi connectivity index (χ4v) is 1.56. The van der Waals surface area contributed by atoms with Gasteiger partial charge in [-0.2, -0.15) is 0 Å². The van der Waals surface area contributed by atoms with E-state index in [4.69, 9.17) is 4.42 Å². The van der Waals surface area contributed by atoms with E-state index in [0.717, 1.165) is 23.3 Å². The minimum Gasteiger partial charge on any atom is -0.441 e. The lowest BCUT2D eigenvalue weighted by atomic mass is 10.1. The molecule has 0 fully saturated rings. The normalized spacial score (nSPS) is 12.0. The van der Waals surface area contributed by atoms with E-state index in [1.54, 1.807) is 0 Å². The van der Waals surface area contributed by atoms with E-state index in [9.17, 15) is 0 Å². The highest BCUT2D eigenvalue weighted by molar-refractivity contribution is 5.77. The van der Waals surface area contributed by atoms with Crippen molar-refractivity contribution in [3.05, 3.63) is 24.1 Å². The Kier molecular flexibility index (Phi) is 3.07. The number of anilines is 1. The molecule has 2 rings (SSSR count). The number of benzene rings is 1. The second-order valence-corrected chi connectivity index (χ2v) is 4.90. The summed E-state index contributed by atoms with van der Waals surface area (Å²) < 4.78 is 5.50. The number of oxazole rings is 1. The largest absolute Gasteiger partial charge is 0.441 e. The first-order valence-electron chi connectivity index (χ1n) is 5.80. The lowest BCUT2D eigenvalue weighted by Gasteiger charge is -2.24. The molecule has 4 heteroatoms. The first kappa shape index (κ1) is 11.9. The second-order valence-electron chi connectivity index (χ2n) is 4.90. The van der Waals surface area contributed by atoms with E-state index in [1.807, 2.05) is 32.2 Å². The first-order valence-corrected chi connectivity index (χ1v) is 5.80. The number of fused-ring (bicyclic) bond motifs is 1. The van der Waals surface area contributed by atoms with E-state index < -0.39 is 0 Å². The Bertz CT molecular complexity index is 516. The molecule has 0 amide bonds. The van der Waals surface area contributed by atoms with Crippen molar-refractivity contribution in [3.8, 4) is 0 Å². The van der Waals surface area contributed by atoms with Gasteiger partial charge < -0.3 is 15.1 Å². The summed E-state index contributed by atoms with van der Waals surface area (Å²) in [6, 6.07) is 5.98. The molecule has 0 aliphatic rings. The quantitative estimate of drug-likeness (QED) is 0.852. The predicted molar refractivity (Wildman–Crippen MR) is 70.4 cm³/mol. The van der Waals surface area contributed by atoms with Crippen molar-refractivity contribution in [1.82, 2.24) is 10.3 Å². The van der Waals surface area contributed by atoms with Crippen LogP contribution < -0.4 is 10.6 Å². The van der Waals surface area contributed by atoms with Crippen molar-refractivity contribution in [1.29, 1.82) is 0 Å². The van der Waals surface area contributed by atoms with Crippen molar-refractivity contribution in [2.45, 2.75) is 26.3 Å². The molecule has 0 saturated carbocycles. The Balaban J connectivity index is 2.14. The molecule has 0 radical (unpaired) electrons. The molecular formula is C13H19N3O. The lowest BCUT2D eigenvalue weighted by Crippen LogP contribution is -2.42. The Labute approximate surface area is 101 Å². The minimum absolute atomic E-state index is 0.0618. The van der Waals surface area contributed by atoms with Crippen molar-refractivity contribution in [3.63, 3.8) is 0 Å². The zero-order chi connectivity index (χ0) is 12.5. The molecule has 0 saturated heterocycles. The highest BCUT2D eigenvalue weighted by atomic mass is 16.3. The molecule has 0 bridgehead atoms. The summed E-state index contributed by atoms with van der Waals surface area (Å²) in [6.07, 6.45) is 0. The number of hydrogen-bond donors (Lipinski definition) is 2.